The van der Waals surface area contributed by atoms with Crippen molar-refractivity contribution in [1.82, 2.24) is 40.0 Å². The van der Waals surface area contributed by atoms with E-state index >= 15 is 0 Å². The zero-order chi connectivity index (χ0) is 27.2. The number of nitrogens with one attached hydrogen (secondary N) is 3. The lowest BCUT2D eigenvalue weighted by Gasteiger charge is -2.43. The molecule has 1 saturated carbocycles. The molecule has 3 N–H and O–H groups in total. The number of H-pyrrole nitrogens is 2. The van der Waals surface area contributed by atoms with Crippen LogP contribution in [0.2, 0.25) is 0 Å². The highest BCUT2D eigenvalue weighted by atomic mass is 16.2. The molecule has 4 heterocycles. The molecule has 1 spiro atoms. The quantitative estimate of drug-likeness (QED) is 0.364. The van der Waals surface area contributed by atoms with E-state index in [4.69, 9.17) is 0 Å². The average Bonchev–Trinajstić information content (AvgIpc) is 3.77. The second-order valence-corrected chi connectivity index (χ2v) is 12.2. The van der Waals surface area contributed by atoms with Gasteiger partial charge in [-0.15, -0.1) is 0 Å². The van der Waals surface area contributed by atoms with Crippen molar-refractivity contribution >= 4 is 6.03 Å². The SMILES string of the molecule is O=C(NCc1ncc[nH]1)N(Cc1ccc(CN2CCC3(CCN(C4CCCCC4)CC3)C2)cc1)Cc1ncc[nH]1. The molecule has 2 saturated heterocycles. The van der Waals surface area contributed by atoms with Crippen LogP contribution < -0.4 is 5.32 Å². The van der Waals surface area contributed by atoms with Gasteiger partial charge in [-0.1, -0.05) is 43.5 Å². The molecule has 2 aliphatic heterocycles. The number of hydrogen-bond donors (Lipinski definition) is 3. The smallest absolute Gasteiger partial charge is 0.318 e. The number of rotatable bonds is 9. The summed E-state index contributed by atoms with van der Waals surface area (Å²) < 4.78 is 0. The summed E-state index contributed by atoms with van der Waals surface area (Å²) in [6.07, 6.45) is 18.2. The molecule has 6 rings (SSSR count). The topological polar surface area (TPSA) is 96.2 Å². The van der Waals surface area contributed by atoms with E-state index in [0.717, 1.165) is 29.8 Å². The van der Waals surface area contributed by atoms with E-state index in [1.165, 1.54) is 83.1 Å². The summed E-state index contributed by atoms with van der Waals surface area (Å²) in [5.41, 5.74) is 2.98. The number of carbonyl (C=O) groups is 1. The number of benzene rings is 1. The number of aromatic amines is 2. The minimum absolute atomic E-state index is 0.145. The van der Waals surface area contributed by atoms with Crippen LogP contribution in [0, 0.1) is 5.41 Å². The summed E-state index contributed by atoms with van der Waals surface area (Å²) in [4.78, 5) is 35.0. The van der Waals surface area contributed by atoms with Gasteiger partial charge < -0.3 is 25.1 Å². The monoisotopic (exact) mass is 544 g/mol. The Balaban J connectivity index is 1.01. The Kier molecular flexibility index (Phi) is 8.48. The van der Waals surface area contributed by atoms with E-state index in [1.807, 2.05) is 0 Å². The van der Waals surface area contributed by atoms with Crippen molar-refractivity contribution in [3.05, 3.63) is 71.8 Å². The molecule has 1 aliphatic carbocycles. The van der Waals surface area contributed by atoms with Crippen LogP contribution in [0.3, 0.4) is 0 Å². The molecule has 0 radical (unpaired) electrons. The summed E-state index contributed by atoms with van der Waals surface area (Å²) in [5, 5.41) is 2.97. The van der Waals surface area contributed by atoms with Crippen LogP contribution in [0.5, 0.6) is 0 Å². The van der Waals surface area contributed by atoms with Crippen LogP contribution in [-0.2, 0) is 26.2 Å². The van der Waals surface area contributed by atoms with Gasteiger partial charge in [0.15, 0.2) is 0 Å². The van der Waals surface area contributed by atoms with E-state index in [0.29, 0.717) is 25.0 Å². The second kappa shape index (κ2) is 12.6. The first-order valence-corrected chi connectivity index (χ1v) is 15.2. The first-order valence-electron chi connectivity index (χ1n) is 15.2. The summed E-state index contributed by atoms with van der Waals surface area (Å²) in [6, 6.07) is 9.51. The van der Waals surface area contributed by atoms with E-state index < -0.39 is 0 Å². The Morgan fingerprint density at radius 3 is 2.27 bits per heavy atom. The van der Waals surface area contributed by atoms with Crippen molar-refractivity contribution in [2.24, 2.45) is 5.41 Å². The van der Waals surface area contributed by atoms with Crippen molar-refractivity contribution < 1.29 is 4.79 Å². The van der Waals surface area contributed by atoms with Gasteiger partial charge in [0.25, 0.3) is 0 Å². The fourth-order valence-electron chi connectivity index (χ4n) is 7.04. The predicted octanol–water partition coefficient (Wildman–Crippen LogP) is 4.67. The normalized spacial score (nSPS) is 20.2. The fraction of sp³-hybridized carbons (Fsp3) is 0.581. The van der Waals surface area contributed by atoms with Crippen molar-refractivity contribution in [2.45, 2.75) is 83.6 Å². The number of carbonyl (C=O) groups excluding carboxylic acids is 1. The minimum Gasteiger partial charge on any atom is -0.347 e. The average molecular weight is 545 g/mol. The highest BCUT2D eigenvalue weighted by molar-refractivity contribution is 5.74. The van der Waals surface area contributed by atoms with E-state index in [9.17, 15) is 4.79 Å². The zero-order valence-electron chi connectivity index (χ0n) is 23.7. The largest absolute Gasteiger partial charge is 0.347 e. The third kappa shape index (κ3) is 6.75. The lowest BCUT2D eigenvalue weighted by Crippen LogP contribution is -2.46. The lowest BCUT2D eigenvalue weighted by atomic mass is 9.77. The molecular weight excluding hydrogens is 500 g/mol. The third-order valence-corrected chi connectivity index (χ3v) is 9.41. The highest BCUT2D eigenvalue weighted by Gasteiger charge is 2.41. The van der Waals surface area contributed by atoms with Crippen molar-refractivity contribution in [3.8, 4) is 0 Å². The van der Waals surface area contributed by atoms with Crippen LogP contribution in [0.1, 0.15) is 74.1 Å². The van der Waals surface area contributed by atoms with Crippen molar-refractivity contribution in [2.75, 3.05) is 26.2 Å². The maximum Gasteiger partial charge on any atom is 0.318 e. The van der Waals surface area contributed by atoms with Gasteiger partial charge in [0.05, 0.1) is 13.1 Å². The van der Waals surface area contributed by atoms with E-state index in [-0.39, 0.29) is 6.03 Å². The maximum absolute atomic E-state index is 13.0. The van der Waals surface area contributed by atoms with Crippen LogP contribution in [0.4, 0.5) is 4.79 Å². The highest BCUT2D eigenvalue weighted by Crippen LogP contribution is 2.42. The Morgan fingerprint density at radius 2 is 1.57 bits per heavy atom. The van der Waals surface area contributed by atoms with Gasteiger partial charge in [-0.25, -0.2) is 14.8 Å². The molecular formula is C31H44N8O. The molecule has 0 unspecified atom stereocenters. The second-order valence-electron chi connectivity index (χ2n) is 12.2. The van der Waals surface area contributed by atoms with Gasteiger partial charge in [-0.05, 0) is 68.3 Å². The van der Waals surface area contributed by atoms with Gasteiger partial charge in [0.2, 0.25) is 0 Å². The molecule has 0 bridgehead atoms. The Labute approximate surface area is 237 Å². The van der Waals surface area contributed by atoms with Crippen LogP contribution >= 0.6 is 0 Å². The standard InChI is InChI=1S/C31H44N8O/c40-30(36-20-28-32-13-14-33-28)39(23-29-34-15-16-35-29)22-26-8-6-25(7-9-26)21-37-17-10-31(24-37)11-18-38(19-12-31)27-4-2-1-3-5-27/h6-9,13-16,27H,1-5,10-12,17-24H2,(H,32,33)(H,34,35)(H,36,40). The number of aromatic nitrogens is 4. The summed E-state index contributed by atoms with van der Waals surface area (Å²) >= 11 is 0. The molecule has 40 heavy (non-hydrogen) atoms. The third-order valence-electron chi connectivity index (χ3n) is 9.41. The van der Waals surface area contributed by atoms with Crippen molar-refractivity contribution in [1.29, 1.82) is 0 Å². The molecule has 9 heteroatoms. The number of likely N-dealkylation sites (tertiary alicyclic amines) is 2. The molecule has 1 aromatic carbocycles. The number of amides is 2. The van der Waals surface area contributed by atoms with Gasteiger partial charge in [0, 0.05) is 50.5 Å². The van der Waals surface area contributed by atoms with Crippen LogP contribution in [0.15, 0.2) is 49.1 Å². The van der Waals surface area contributed by atoms with Gasteiger partial charge in [-0.3, -0.25) is 4.90 Å². The first-order chi connectivity index (χ1) is 19.6. The molecule has 3 aliphatic rings. The number of nitrogens with zero attached hydrogens (tertiary/aromatic N) is 5. The van der Waals surface area contributed by atoms with Crippen molar-refractivity contribution in [3.63, 3.8) is 0 Å². The predicted molar refractivity (Wildman–Crippen MR) is 155 cm³/mol. The zero-order valence-corrected chi connectivity index (χ0v) is 23.7. The molecule has 214 valence electrons. The summed E-state index contributed by atoms with van der Waals surface area (Å²) in [7, 11) is 0. The minimum atomic E-state index is -0.145. The van der Waals surface area contributed by atoms with Gasteiger partial charge in [-0.2, -0.15) is 0 Å². The maximum atomic E-state index is 13.0. The van der Waals surface area contributed by atoms with Gasteiger partial charge in [0.1, 0.15) is 11.6 Å². The Hall–Kier alpha value is -3.17. The lowest BCUT2D eigenvalue weighted by molar-refractivity contribution is 0.0615. The van der Waals surface area contributed by atoms with E-state index in [2.05, 4.69) is 59.3 Å². The Morgan fingerprint density at radius 1 is 0.900 bits per heavy atom. The molecule has 3 aromatic rings. The summed E-state index contributed by atoms with van der Waals surface area (Å²) in [5.74, 6) is 1.49. The number of imidazole rings is 2. The summed E-state index contributed by atoms with van der Waals surface area (Å²) in [6.45, 7) is 7.33. The van der Waals surface area contributed by atoms with E-state index in [1.54, 1.807) is 29.7 Å². The number of piperidine rings is 1. The Bertz CT molecular complexity index is 1180. The molecule has 2 aromatic heterocycles. The van der Waals surface area contributed by atoms with Crippen LogP contribution in [-0.4, -0.2) is 72.9 Å². The molecule has 2 amide bonds. The number of urea groups is 1. The fourth-order valence-corrected chi connectivity index (χ4v) is 7.04. The molecule has 0 atom stereocenters. The molecule has 9 nitrogen and oxygen atoms in total. The number of hydrogen-bond acceptors (Lipinski definition) is 5. The van der Waals surface area contributed by atoms with Gasteiger partial charge >= 0.3 is 6.03 Å². The van der Waals surface area contributed by atoms with Crippen LogP contribution in [0.25, 0.3) is 0 Å². The molecule has 3 fully saturated rings. The first kappa shape index (κ1) is 27.0.